The van der Waals surface area contributed by atoms with Crippen molar-refractivity contribution in [3.05, 3.63) is 66.1 Å². The van der Waals surface area contributed by atoms with E-state index in [-0.39, 0.29) is 29.6 Å². The van der Waals surface area contributed by atoms with Gasteiger partial charge in [-0.3, -0.25) is 5.41 Å². The molecule has 2 aromatic carbocycles. The summed E-state index contributed by atoms with van der Waals surface area (Å²) in [5, 5.41) is 14.3. The number of aromatic nitrogens is 3. The minimum absolute atomic E-state index is 0.183. The van der Waals surface area contributed by atoms with Crippen molar-refractivity contribution >= 4 is 23.5 Å². The van der Waals surface area contributed by atoms with Gasteiger partial charge in [-0.05, 0) is 29.8 Å². The number of anilines is 1. The minimum Gasteiger partial charge on any atom is -0.382 e. The van der Waals surface area contributed by atoms with Crippen LogP contribution in [0.2, 0.25) is 0 Å². The van der Waals surface area contributed by atoms with Crippen LogP contribution in [0.15, 0.2) is 64.1 Å². The maximum atomic E-state index is 14.7. The zero-order chi connectivity index (χ0) is 24.2. The highest BCUT2D eigenvalue weighted by Gasteiger charge is 2.17. The van der Waals surface area contributed by atoms with Crippen LogP contribution in [-0.2, 0) is 6.54 Å². The van der Waals surface area contributed by atoms with Crippen LogP contribution < -0.4 is 16.8 Å². The van der Waals surface area contributed by atoms with Gasteiger partial charge in [0.2, 0.25) is 0 Å². The third-order valence-electron chi connectivity index (χ3n) is 4.86. The lowest BCUT2D eigenvalue weighted by Gasteiger charge is -2.07. The third kappa shape index (κ3) is 5.34. The number of benzene rings is 2. The van der Waals surface area contributed by atoms with E-state index in [0.717, 1.165) is 5.56 Å². The molecule has 34 heavy (non-hydrogen) atoms. The van der Waals surface area contributed by atoms with Crippen molar-refractivity contribution in [2.45, 2.75) is 30.5 Å². The van der Waals surface area contributed by atoms with Crippen LogP contribution in [0.25, 0.3) is 34.0 Å². The van der Waals surface area contributed by atoms with Crippen molar-refractivity contribution in [1.82, 2.24) is 20.4 Å². The fraction of sp³-hybridized carbons (Fsp3) is 0.167. The van der Waals surface area contributed by atoms with Gasteiger partial charge in [0.25, 0.3) is 0 Å². The molecule has 0 radical (unpaired) electrons. The number of hydrogen-bond acceptors (Lipinski definition) is 7. The average molecular weight is 478 g/mol. The first-order valence-electron chi connectivity index (χ1n) is 10.5. The normalized spacial score (nSPS) is 11.1. The molecular weight excluding hydrogens is 453 g/mol. The van der Waals surface area contributed by atoms with Gasteiger partial charge in [0.1, 0.15) is 11.5 Å². The van der Waals surface area contributed by atoms with E-state index in [1.54, 1.807) is 36.2 Å². The molecule has 2 aromatic heterocycles. The highest BCUT2D eigenvalue weighted by molar-refractivity contribution is 7.99. The zero-order valence-electron chi connectivity index (χ0n) is 18.7. The van der Waals surface area contributed by atoms with E-state index in [2.05, 4.69) is 34.3 Å². The Bertz CT molecular complexity index is 1320. The second kappa shape index (κ2) is 9.92. The van der Waals surface area contributed by atoms with Gasteiger partial charge in [-0.25, -0.2) is 14.4 Å². The van der Waals surface area contributed by atoms with Crippen molar-refractivity contribution in [2.75, 3.05) is 5.73 Å². The first-order valence-corrected chi connectivity index (χ1v) is 11.4. The van der Waals surface area contributed by atoms with Gasteiger partial charge in [-0.15, -0.1) is 11.8 Å². The molecular formula is C24H24FN7OS. The monoisotopic (exact) mass is 477 g/mol. The molecule has 2 heterocycles. The van der Waals surface area contributed by atoms with Crippen molar-refractivity contribution in [3.8, 4) is 34.0 Å². The standard InChI is InChI=1S/C24H24FN7OS/c1-13(2)34-16-6-4-15(5-7-16)20-12-29-23(26)22(31-20)21-10-19(32-33-21)17-8-3-14(9-18(17)25)11-30-24(27)28/h3-10,12-13H,11H2,1-2H3,(H2,26,29)(H4,27,28,30). The molecule has 6 N–H and O–H groups in total. The van der Waals surface area contributed by atoms with Crippen LogP contribution in [-0.4, -0.2) is 26.3 Å². The number of nitrogens with zero attached hydrogens (tertiary/aromatic N) is 3. The fourth-order valence-corrected chi connectivity index (χ4v) is 4.12. The Kier molecular flexibility index (Phi) is 6.78. The molecule has 0 aliphatic rings. The Morgan fingerprint density at radius 1 is 1.15 bits per heavy atom. The molecule has 0 atom stereocenters. The summed E-state index contributed by atoms with van der Waals surface area (Å²) in [5.41, 5.74) is 14.4. The summed E-state index contributed by atoms with van der Waals surface area (Å²) >= 11 is 1.78. The molecule has 0 bridgehead atoms. The molecule has 0 aliphatic carbocycles. The van der Waals surface area contributed by atoms with E-state index in [0.29, 0.717) is 27.9 Å². The van der Waals surface area contributed by atoms with Crippen molar-refractivity contribution < 1.29 is 8.91 Å². The predicted molar refractivity (Wildman–Crippen MR) is 133 cm³/mol. The molecule has 0 spiro atoms. The summed E-state index contributed by atoms with van der Waals surface area (Å²) in [6.45, 7) is 4.54. The Balaban J connectivity index is 1.59. The average Bonchev–Trinajstić information content (AvgIpc) is 3.28. The topological polar surface area (TPSA) is 140 Å². The first kappa shape index (κ1) is 23.2. The van der Waals surface area contributed by atoms with Crippen LogP contribution in [0.5, 0.6) is 0 Å². The number of thioether (sulfide) groups is 1. The maximum absolute atomic E-state index is 14.7. The van der Waals surface area contributed by atoms with Gasteiger partial charge in [0.05, 0.1) is 11.9 Å². The summed E-state index contributed by atoms with van der Waals surface area (Å²) in [4.78, 5) is 10.1. The third-order valence-corrected chi connectivity index (χ3v) is 5.87. The van der Waals surface area contributed by atoms with E-state index < -0.39 is 5.82 Å². The fourth-order valence-electron chi connectivity index (χ4n) is 3.28. The molecule has 0 aliphatic heterocycles. The highest BCUT2D eigenvalue weighted by atomic mass is 32.2. The summed E-state index contributed by atoms with van der Waals surface area (Å²) in [5.74, 6) is -0.188. The van der Waals surface area contributed by atoms with Crippen LogP contribution >= 0.6 is 11.8 Å². The van der Waals surface area contributed by atoms with Crippen LogP contribution in [0.3, 0.4) is 0 Å². The summed E-state index contributed by atoms with van der Waals surface area (Å²) in [7, 11) is 0. The van der Waals surface area contributed by atoms with Crippen LogP contribution in [0.4, 0.5) is 10.2 Å². The molecule has 4 rings (SSSR count). The molecule has 0 saturated heterocycles. The van der Waals surface area contributed by atoms with E-state index in [1.807, 2.05) is 24.3 Å². The molecule has 10 heteroatoms. The smallest absolute Gasteiger partial charge is 0.189 e. The van der Waals surface area contributed by atoms with E-state index >= 15 is 0 Å². The predicted octanol–water partition coefficient (Wildman–Crippen LogP) is 4.67. The number of nitrogens with one attached hydrogen (secondary N) is 2. The lowest BCUT2D eigenvalue weighted by Crippen LogP contribution is -2.29. The number of rotatable bonds is 7. The van der Waals surface area contributed by atoms with E-state index in [4.69, 9.17) is 21.4 Å². The number of halogens is 1. The van der Waals surface area contributed by atoms with Crippen molar-refractivity contribution in [1.29, 1.82) is 5.41 Å². The maximum Gasteiger partial charge on any atom is 0.189 e. The summed E-state index contributed by atoms with van der Waals surface area (Å²) in [6.07, 6.45) is 1.61. The quantitative estimate of drug-likeness (QED) is 0.171. The highest BCUT2D eigenvalue weighted by Crippen LogP contribution is 2.31. The Labute approximate surface area is 200 Å². The lowest BCUT2D eigenvalue weighted by molar-refractivity contribution is 0.433. The molecule has 8 nitrogen and oxygen atoms in total. The number of nitrogen functional groups attached to an aromatic ring is 1. The Hall–Kier alpha value is -3.92. The lowest BCUT2D eigenvalue weighted by atomic mass is 10.1. The summed E-state index contributed by atoms with van der Waals surface area (Å²) in [6, 6.07) is 14.3. The molecule has 174 valence electrons. The van der Waals surface area contributed by atoms with E-state index in [9.17, 15) is 4.39 Å². The van der Waals surface area contributed by atoms with Gasteiger partial charge in [0.15, 0.2) is 23.2 Å². The molecule has 4 aromatic rings. The van der Waals surface area contributed by atoms with E-state index in [1.165, 1.54) is 11.0 Å². The Morgan fingerprint density at radius 2 is 1.91 bits per heavy atom. The largest absolute Gasteiger partial charge is 0.382 e. The zero-order valence-corrected chi connectivity index (χ0v) is 19.5. The second-order valence-corrected chi connectivity index (χ2v) is 9.49. The Morgan fingerprint density at radius 3 is 2.59 bits per heavy atom. The number of guanidine groups is 1. The summed E-state index contributed by atoms with van der Waals surface area (Å²) < 4.78 is 20.1. The molecule has 0 unspecified atom stereocenters. The van der Waals surface area contributed by atoms with Gasteiger partial charge in [0, 0.05) is 33.9 Å². The van der Waals surface area contributed by atoms with Gasteiger partial charge in [-0.1, -0.05) is 37.2 Å². The van der Waals surface area contributed by atoms with Crippen LogP contribution in [0.1, 0.15) is 19.4 Å². The first-order chi connectivity index (χ1) is 16.3. The molecule has 0 fully saturated rings. The van der Waals surface area contributed by atoms with Gasteiger partial charge < -0.3 is 21.3 Å². The SMILES string of the molecule is CC(C)Sc1ccc(-c2cnc(N)c(-c3cc(-c4ccc(CNC(=N)N)cc4F)no3)n2)cc1. The van der Waals surface area contributed by atoms with Crippen molar-refractivity contribution in [2.24, 2.45) is 5.73 Å². The van der Waals surface area contributed by atoms with Crippen molar-refractivity contribution in [3.63, 3.8) is 0 Å². The number of hydrogen-bond donors (Lipinski definition) is 4. The van der Waals surface area contributed by atoms with Gasteiger partial charge in [-0.2, -0.15) is 0 Å². The molecule has 0 saturated carbocycles. The molecule has 0 amide bonds. The minimum atomic E-state index is -0.477. The van der Waals surface area contributed by atoms with Gasteiger partial charge >= 0.3 is 0 Å². The second-order valence-electron chi connectivity index (χ2n) is 7.84. The number of nitrogens with two attached hydrogens (primary N) is 2. The van der Waals surface area contributed by atoms with Crippen LogP contribution in [0, 0.1) is 11.2 Å².